The number of hydrogen-bond acceptors (Lipinski definition) is 3. The maximum atomic E-state index is 11.9. The first-order valence-electron chi connectivity index (χ1n) is 6.18. The van der Waals surface area contributed by atoms with Crippen LogP contribution in [0.2, 0.25) is 0 Å². The smallest absolute Gasteiger partial charge is 0.229 e. The number of amides is 1. The maximum Gasteiger partial charge on any atom is 0.229 e. The fourth-order valence-corrected chi connectivity index (χ4v) is 1.77. The Bertz CT molecular complexity index is 564. The van der Waals surface area contributed by atoms with E-state index in [2.05, 4.69) is 10.3 Å². The Hall–Kier alpha value is -2.20. The molecule has 0 aliphatic heterocycles. The van der Waals surface area contributed by atoms with E-state index in [4.69, 9.17) is 5.73 Å². The van der Waals surface area contributed by atoms with Crippen molar-refractivity contribution in [2.24, 2.45) is 5.73 Å². The van der Waals surface area contributed by atoms with Crippen molar-refractivity contribution >= 4 is 11.7 Å². The van der Waals surface area contributed by atoms with Crippen molar-refractivity contribution in [2.75, 3.05) is 5.32 Å². The molecule has 1 amide bonds. The number of pyridine rings is 1. The van der Waals surface area contributed by atoms with E-state index in [1.165, 1.54) is 0 Å². The summed E-state index contributed by atoms with van der Waals surface area (Å²) in [5, 5.41) is 2.81. The van der Waals surface area contributed by atoms with Crippen LogP contribution in [0, 0.1) is 6.92 Å². The van der Waals surface area contributed by atoms with Crippen LogP contribution in [0.5, 0.6) is 0 Å². The molecule has 0 aliphatic rings. The van der Waals surface area contributed by atoms with E-state index < -0.39 is 0 Å². The minimum absolute atomic E-state index is 0.0673. The van der Waals surface area contributed by atoms with E-state index in [1.54, 1.807) is 6.20 Å². The van der Waals surface area contributed by atoms with Gasteiger partial charge in [0.15, 0.2) is 0 Å². The van der Waals surface area contributed by atoms with Crippen LogP contribution in [-0.2, 0) is 17.8 Å². The maximum absolute atomic E-state index is 11.9. The van der Waals surface area contributed by atoms with Crippen molar-refractivity contribution in [3.05, 3.63) is 59.3 Å². The highest BCUT2D eigenvalue weighted by Crippen LogP contribution is 2.10. The molecule has 1 heterocycles. The van der Waals surface area contributed by atoms with Gasteiger partial charge in [-0.1, -0.05) is 30.3 Å². The van der Waals surface area contributed by atoms with Crippen molar-refractivity contribution < 1.29 is 4.79 Å². The summed E-state index contributed by atoms with van der Waals surface area (Å²) in [7, 11) is 0. The molecule has 0 saturated carbocycles. The third kappa shape index (κ3) is 3.63. The SMILES string of the molecule is Cc1cccnc1NC(=O)Cc1ccc(CN)cc1. The second-order valence-electron chi connectivity index (χ2n) is 4.41. The number of rotatable bonds is 4. The van der Waals surface area contributed by atoms with Crippen molar-refractivity contribution in [1.29, 1.82) is 0 Å². The highest BCUT2D eigenvalue weighted by molar-refractivity contribution is 5.91. The molecule has 4 nitrogen and oxygen atoms in total. The first-order valence-corrected chi connectivity index (χ1v) is 6.18. The Kier molecular flexibility index (Phi) is 4.26. The third-order valence-corrected chi connectivity index (χ3v) is 2.89. The summed E-state index contributed by atoms with van der Waals surface area (Å²) in [5.74, 6) is 0.549. The molecule has 1 aromatic heterocycles. The second kappa shape index (κ2) is 6.11. The summed E-state index contributed by atoms with van der Waals surface area (Å²) >= 11 is 0. The van der Waals surface area contributed by atoms with Crippen LogP contribution in [-0.4, -0.2) is 10.9 Å². The number of nitrogens with zero attached hydrogens (tertiary/aromatic N) is 1. The van der Waals surface area contributed by atoms with Crippen molar-refractivity contribution in [3.63, 3.8) is 0 Å². The zero-order valence-corrected chi connectivity index (χ0v) is 10.9. The van der Waals surface area contributed by atoms with Gasteiger partial charge < -0.3 is 11.1 Å². The Morgan fingerprint density at radius 1 is 1.21 bits per heavy atom. The van der Waals surface area contributed by atoms with Crippen LogP contribution >= 0.6 is 0 Å². The molecule has 1 aromatic carbocycles. The van der Waals surface area contributed by atoms with Gasteiger partial charge >= 0.3 is 0 Å². The van der Waals surface area contributed by atoms with Crippen LogP contribution in [0.25, 0.3) is 0 Å². The molecule has 0 radical (unpaired) electrons. The van der Waals surface area contributed by atoms with Gasteiger partial charge in [-0.3, -0.25) is 4.79 Å². The number of benzene rings is 1. The predicted molar refractivity (Wildman–Crippen MR) is 75.6 cm³/mol. The summed E-state index contributed by atoms with van der Waals surface area (Å²) in [6.07, 6.45) is 2.00. The molecule has 4 heteroatoms. The van der Waals surface area contributed by atoms with Gasteiger partial charge in [0.25, 0.3) is 0 Å². The van der Waals surface area contributed by atoms with Gasteiger partial charge in [-0.05, 0) is 29.7 Å². The largest absolute Gasteiger partial charge is 0.326 e. The van der Waals surface area contributed by atoms with Crippen molar-refractivity contribution in [2.45, 2.75) is 19.9 Å². The lowest BCUT2D eigenvalue weighted by atomic mass is 10.1. The van der Waals surface area contributed by atoms with Crippen LogP contribution in [0.3, 0.4) is 0 Å². The van der Waals surface area contributed by atoms with Gasteiger partial charge in [0.05, 0.1) is 6.42 Å². The molecule has 0 fully saturated rings. The molecule has 0 aliphatic carbocycles. The molecule has 19 heavy (non-hydrogen) atoms. The van der Waals surface area contributed by atoms with Crippen LogP contribution < -0.4 is 11.1 Å². The summed E-state index contributed by atoms with van der Waals surface area (Å²) in [6.45, 7) is 2.43. The molecular weight excluding hydrogens is 238 g/mol. The number of nitrogens with two attached hydrogens (primary N) is 1. The van der Waals surface area contributed by atoms with Gasteiger partial charge in [0.2, 0.25) is 5.91 Å². The number of hydrogen-bond donors (Lipinski definition) is 2. The molecule has 2 rings (SSSR count). The number of carbonyl (C=O) groups is 1. The lowest BCUT2D eigenvalue weighted by Crippen LogP contribution is -2.16. The van der Waals surface area contributed by atoms with Gasteiger partial charge in [-0.15, -0.1) is 0 Å². The van der Waals surface area contributed by atoms with E-state index in [0.717, 1.165) is 16.7 Å². The first kappa shape index (κ1) is 13.2. The molecule has 2 aromatic rings. The lowest BCUT2D eigenvalue weighted by molar-refractivity contribution is -0.115. The number of aromatic nitrogens is 1. The van der Waals surface area contributed by atoms with Crippen LogP contribution in [0.1, 0.15) is 16.7 Å². The number of carbonyl (C=O) groups excluding carboxylic acids is 1. The van der Waals surface area contributed by atoms with Crippen molar-refractivity contribution in [3.8, 4) is 0 Å². The van der Waals surface area contributed by atoms with E-state index >= 15 is 0 Å². The zero-order valence-electron chi connectivity index (χ0n) is 10.9. The minimum Gasteiger partial charge on any atom is -0.326 e. The minimum atomic E-state index is -0.0673. The Labute approximate surface area is 112 Å². The summed E-state index contributed by atoms with van der Waals surface area (Å²) < 4.78 is 0. The molecule has 0 atom stereocenters. The normalized spacial score (nSPS) is 10.2. The van der Waals surface area contributed by atoms with E-state index in [0.29, 0.717) is 18.8 Å². The Balaban J connectivity index is 1.99. The highest BCUT2D eigenvalue weighted by atomic mass is 16.1. The molecule has 0 unspecified atom stereocenters. The average Bonchev–Trinajstić information content (AvgIpc) is 2.42. The number of nitrogens with one attached hydrogen (secondary N) is 1. The van der Waals surface area contributed by atoms with E-state index in [1.807, 2.05) is 43.3 Å². The van der Waals surface area contributed by atoms with Gasteiger partial charge in [-0.2, -0.15) is 0 Å². The summed E-state index contributed by atoms with van der Waals surface area (Å²) in [4.78, 5) is 16.1. The second-order valence-corrected chi connectivity index (χ2v) is 4.41. The standard InChI is InChI=1S/C15H17N3O/c1-11-3-2-8-17-15(11)18-14(19)9-12-4-6-13(10-16)7-5-12/h2-8H,9-10,16H2,1H3,(H,17,18,19). The van der Waals surface area contributed by atoms with Gasteiger partial charge in [0, 0.05) is 12.7 Å². The van der Waals surface area contributed by atoms with Gasteiger partial charge in [0.1, 0.15) is 5.82 Å². The first-order chi connectivity index (χ1) is 9.19. The van der Waals surface area contributed by atoms with Crippen LogP contribution in [0.4, 0.5) is 5.82 Å². The molecule has 0 saturated heterocycles. The Morgan fingerprint density at radius 2 is 1.89 bits per heavy atom. The lowest BCUT2D eigenvalue weighted by Gasteiger charge is -2.07. The average molecular weight is 255 g/mol. The predicted octanol–water partition coefficient (Wildman–Crippen LogP) is 2.03. The molecule has 3 N–H and O–H groups in total. The van der Waals surface area contributed by atoms with Crippen molar-refractivity contribution in [1.82, 2.24) is 4.98 Å². The topological polar surface area (TPSA) is 68.0 Å². The van der Waals surface area contributed by atoms with E-state index in [-0.39, 0.29) is 5.91 Å². The summed E-state index contributed by atoms with van der Waals surface area (Å²) in [6, 6.07) is 11.5. The zero-order chi connectivity index (χ0) is 13.7. The Morgan fingerprint density at radius 3 is 2.53 bits per heavy atom. The quantitative estimate of drug-likeness (QED) is 0.878. The fourth-order valence-electron chi connectivity index (χ4n) is 1.77. The number of anilines is 1. The summed E-state index contributed by atoms with van der Waals surface area (Å²) in [5.41, 5.74) is 8.51. The van der Waals surface area contributed by atoms with Crippen LogP contribution in [0.15, 0.2) is 42.6 Å². The molecule has 98 valence electrons. The monoisotopic (exact) mass is 255 g/mol. The third-order valence-electron chi connectivity index (χ3n) is 2.89. The van der Waals surface area contributed by atoms with Gasteiger partial charge in [-0.25, -0.2) is 4.98 Å². The molecule has 0 bridgehead atoms. The number of aryl methyl sites for hydroxylation is 1. The highest BCUT2D eigenvalue weighted by Gasteiger charge is 2.06. The van der Waals surface area contributed by atoms with E-state index in [9.17, 15) is 4.79 Å². The fraction of sp³-hybridized carbons (Fsp3) is 0.200. The molecular formula is C15H17N3O. The molecule has 0 spiro atoms.